The Morgan fingerprint density at radius 3 is 1.88 bits per heavy atom. The van der Waals surface area contributed by atoms with Crippen molar-refractivity contribution >= 4 is 54.4 Å². The maximum absolute atomic E-state index is 4.97. The molecule has 4 nitrogen and oxygen atoms in total. The van der Waals surface area contributed by atoms with Crippen molar-refractivity contribution < 1.29 is 0 Å². The lowest BCUT2D eigenvalue weighted by molar-refractivity contribution is 1.01. The van der Waals surface area contributed by atoms with Crippen LogP contribution in [-0.4, -0.2) is 19.1 Å². The zero-order valence-electron chi connectivity index (χ0n) is 26.7. The maximum atomic E-state index is 4.97. The molecule has 10 aromatic rings. The highest BCUT2D eigenvalue weighted by molar-refractivity contribution is 6.15. The smallest absolute Gasteiger partial charge is 0.0977 e. The lowest BCUT2D eigenvalue weighted by atomic mass is 9.98. The number of para-hydroxylation sites is 2. The Morgan fingerprint density at radius 1 is 0.449 bits per heavy atom. The number of hydrogen-bond acceptors (Lipinski definition) is 2. The van der Waals surface area contributed by atoms with Crippen molar-refractivity contribution in [2.24, 2.45) is 7.05 Å². The molecule has 0 amide bonds. The van der Waals surface area contributed by atoms with E-state index in [2.05, 4.69) is 156 Å². The van der Waals surface area contributed by atoms with Crippen LogP contribution >= 0.6 is 0 Å². The van der Waals surface area contributed by atoms with Gasteiger partial charge in [-0.15, -0.1) is 0 Å². The van der Waals surface area contributed by atoms with E-state index in [1.807, 2.05) is 12.4 Å². The van der Waals surface area contributed by atoms with Crippen LogP contribution in [0.5, 0.6) is 0 Å². The van der Waals surface area contributed by atoms with Gasteiger partial charge in [0.2, 0.25) is 0 Å². The number of aryl methyl sites for hydroxylation is 1. The molecule has 0 atom stereocenters. The Morgan fingerprint density at radius 2 is 1.10 bits per heavy atom. The number of hydrogen-bond donors (Lipinski definition) is 0. The van der Waals surface area contributed by atoms with Gasteiger partial charge in [-0.25, -0.2) is 0 Å². The normalized spacial score (nSPS) is 12.2. The second-order valence-electron chi connectivity index (χ2n) is 13.1. The van der Waals surface area contributed by atoms with Crippen molar-refractivity contribution in [2.45, 2.75) is 0 Å². The van der Waals surface area contributed by atoms with Crippen molar-refractivity contribution in [3.05, 3.63) is 152 Å². The molecule has 49 heavy (non-hydrogen) atoms. The summed E-state index contributed by atoms with van der Waals surface area (Å²) in [5.41, 5.74) is 15.0. The van der Waals surface area contributed by atoms with E-state index in [1.54, 1.807) is 0 Å². The molecule has 1 aliphatic carbocycles. The van der Waals surface area contributed by atoms with Crippen LogP contribution in [-0.2, 0) is 7.05 Å². The molecule has 0 radical (unpaired) electrons. The summed E-state index contributed by atoms with van der Waals surface area (Å²) in [5, 5.41) is 7.41. The molecule has 0 N–H and O–H groups in total. The third-order valence-electron chi connectivity index (χ3n) is 10.6. The van der Waals surface area contributed by atoms with Crippen LogP contribution in [0.2, 0.25) is 0 Å². The van der Waals surface area contributed by atoms with Gasteiger partial charge in [0.1, 0.15) is 0 Å². The zero-order valence-corrected chi connectivity index (χ0v) is 26.7. The highest BCUT2D eigenvalue weighted by Gasteiger charge is 2.24. The number of nitrogens with zero attached hydrogens (tertiary/aromatic N) is 4. The quantitative estimate of drug-likeness (QED) is 0.196. The predicted molar refractivity (Wildman–Crippen MR) is 203 cm³/mol. The van der Waals surface area contributed by atoms with Gasteiger partial charge < -0.3 is 9.13 Å². The average molecular weight is 625 g/mol. The van der Waals surface area contributed by atoms with Gasteiger partial charge in [0.05, 0.1) is 22.4 Å². The van der Waals surface area contributed by atoms with Crippen LogP contribution in [0.1, 0.15) is 0 Å². The van der Waals surface area contributed by atoms with E-state index >= 15 is 0 Å². The molecular weight excluding hydrogens is 597 g/mol. The second kappa shape index (κ2) is 9.75. The Bertz CT molecular complexity index is 2990. The molecule has 0 unspecified atom stereocenters. The summed E-state index contributed by atoms with van der Waals surface area (Å²) in [5.74, 6) is 0. The monoisotopic (exact) mass is 624 g/mol. The fourth-order valence-corrected chi connectivity index (χ4v) is 8.24. The minimum Gasteiger partial charge on any atom is -0.344 e. The fraction of sp³-hybridized carbons (Fsp3) is 0.0222. The summed E-state index contributed by atoms with van der Waals surface area (Å²) in [7, 11) is 2.16. The summed E-state index contributed by atoms with van der Waals surface area (Å²) < 4.78 is 4.67. The Kier molecular flexibility index (Phi) is 5.28. The summed E-state index contributed by atoms with van der Waals surface area (Å²) in [4.78, 5) is 9.69. The molecule has 0 saturated heterocycles. The first-order valence-electron chi connectivity index (χ1n) is 16.7. The largest absolute Gasteiger partial charge is 0.344 e. The van der Waals surface area contributed by atoms with E-state index in [-0.39, 0.29) is 0 Å². The third kappa shape index (κ3) is 3.68. The Hall–Kier alpha value is -6.52. The van der Waals surface area contributed by atoms with Crippen molar-refractivity contribution in [1.82, 2.24) is 19.1 Å². The molecule has 4 heterocycles. The Labute approximate surface area is 282 Å². The fourth-order valence-electron chi connectivity index (χ4n) is 8.24. The minimum absolute atomic E-state index is 0.968. The van der Waals surface area contributed by atoms with Crippen molar-refractivity contribution in [3.63, 3.8) is 0 Å². The molecule has 0 bridgehead atoms. The Balaban J connectivity index is 1.06. The molecule has 4 aromatic heterocycles. The van der Waals surface area contributed by atoms with Crippen LogP contribution in [0, 0.1) is 0 Å². The summed E-state index contributed by atoms with van der Waals surface area (Å²) in [6.45, 7) is 0. The van der Waals surface area contributed by atoms with E-state index in [1.165, 1.54) is 76.8 Å². The SMILES string of the molecule is Cn1c2ccc(-c3cnc4c(c3)-c3cccc5ccnc-4c35)cc2c2cc(-c3ccc4c(c3)c3ccccc3n4-c3ccccc3)ccc21. The molecule has 0 saturated carbocycles. The van der Waals surface area contributed by atoms with Crippen LogP contribution < -0.4 is 0 Å². The third-order valence-corrected chi connectivity index (χ3v) is 10.6. The van der Waals surface area contributed by atoms with Crippen molar-refractivity contribution in [1.29, 1.82) is 0 Å². The van der Waals surface area contributed by atoms with Crippen LogP contribution in [0.3, 0.4) is 0 Å². The summed E-state index contributed by atoms with van der Waals surface area (Å²) >= 11 is 0. The highest BCUT2D eigenvalue weighted by Crippen LogP contribution is 2.46. The minimum atomic E-state index is 0.968. The highest BCUT2D eigenvalue weighted by atomic mass is 15.0. The lowest BCUT2D eigenvalue weighted by Crippen LogP contribution is -1.92. The molecule has 1 aliphatic rings. The maximum Gasteiger partial charge on any atom is 0.0977 e. The number of rotatable bonds is 3. The second-order valence-corrected chi connectivity index (χ2v) is 13.1. The van der Waals surface area contributed by atoms with Gasteiger partial charge in [-0.1, -0.05) is 72.8 Å². The molecule has 228 valence electrons. The van der Waals surface area contributed by atoms with Crippen molar-refractivity contribution in [2.75, 3.05) is 0 Å². The number of aromatic nitrogens is 4. The molecule has 0 fully saturated rings. The van der Waals surface area contributed by atoms with E-state index in [0.29, 0.717) is 0 Å². The standard InChI is InChI=1S/C45H28N4/c1-48-39-17-14-28(29-16-19-42-35(22-29)33-11-5-6-13-41(33)49(42)32-9-3-2-4-10-32)23-36(39)37-24-30(15-18-40(37)48)31-25-38-34-12-7-8-27-20-21-46-45(43(27)34)44(38)47-26-31/h2-26H,1H3. The van der Waals surface area contributed by atoms with Gasteiger partial charge in [-0.3, -0.25) is 9.97 Å². The first kappa shape index (κ1) is 26.5. The van der Waals surface area contributed by atoms with Gasteiger partial charge >= 0.3 is 0 Å². The van der Waals surface area contributed by atoms with Crippen molar-refractivity contribution in [3.8, 4) is 50.5 Å². The predicted octanol–water partition coefficient (Wildman–Crippen LogP) is 11.4. The number of pyridine rings is 2. The first-order chi connectivity index (χ1) is 24.2. The average Bonchev–Trinajstić information content (AvgIpc) is 3.77. The molecule has 11 rings (SSSR count). The van der Waals surface area contributed by atoms with Crippen LogP contribution in [0.25, 0.3) is 105 Å². The first-order valence-corrected chi connectivity index (χ1v) is 16.7. The van der Waals surface area contributed by atoms with Gasteiger partial charge in [0.15, 0.2) is 0 Å². The molecule has 4 heteroatoms. The number of benzene rings is 6. The van der Waals surface area contributed by atoms with Crippen LogP contribution in [0.15, 0.2) is 152 Å². The lowest BCUT2D eigenvalue weighted by Gasteiger charge is -2.08. The zero-order chi connectivity index (χ0) is 32.2. The van der Waals surface area contributed by atoms with E-state index in [0.717, 1.165) is 28.1 Å². The molecule has 6 aromatic carbocycles. The number of fused-ring (bicyclic) bond motifs is 9. The van der Waals surface area contributed by atoms with Gasteiger partial charge in [0.25, 0.3) is 0 Å². The van der Waals surface area contributed by atoms with E-state index < -0.39 is 0 Å². The summed E-state index contributed by atoms with van der Waals surface area (Å²) in [6.07, 6.45) is 3.89. The van der Waals surface area contributed by atoms with E-state index in [4.69, 9.17) is 9.97 Å². The van der Waals surface area contributed by atoms with Crippen LogP contribution in [0.4, 0.5) is 0 Å². The van der Waals surface area contributed by atoms with E-state index in [9.17, 15) is 0 Å². The van der Waals surface area contributed by atoms with Gasteiger partial charge in [0, 0.05) is 74.2 Å². The topological polar surface area (TPSA) is 35.6 Å². The van der Waals surface area contributed by atoms with Gasteiger partial charge in [-0.2, -0.15) is 0 Å². The molecular formula is C45H28N4. The van der Waals surface area contributed by atoms with Gasteiger partial charge in [-0.05, 0) is 94.4 Å². The molecule has 0 spiro atoms. The summed E-state index contributed by atoms with van der Waals surface area (Å²) in [6, 6.07) is 50.8. The molecule has 0 aliphatic heterocycles.